The molecule has 13 heavy (non-hydrogen) atoms. The molecule has 0 spiro atoms. The number of aliphatic hydroxyl groups excluding tert-OH is 1. The van der Waals surface area contributed by atoms with E-state index in [1.54, 1.807) is 6.92 Å². The van der Waals surface area contributed by atoms with Crippen LogP contribution in [0.2, 0.25) is 0 Å². The molecule has 0 bridgehead atoms. The molecule has 0 aromatic rings. The van der Waals surface area contributed by atoms with Crippen molar-refractivity contribution in [3.05, 3.63) is 12.2 Å². The van der Waals surface area contributed by atoms with Gasteiger partial charge in [0.15, 0.2) is 5.78 Å². The van der Waals surface area contributed by atoms with E-state index in [0.717, 1.165) is 5.57 Å². The summed E-state index contributed by atoms with van der Waals surface area (Å²) in [5.74, 6) is 0.00948. The smallest absolute Gasteiger partial charge is 0.156 e. The SMILES string of the molecule is C=C(C)[C@H]1CC(=O)[C@@](C)(Cl)[C@H](O)C1. The molecule has 1 aliphatic carbocycles. The second kappa shape index (κ2) is 3.43. The lowest BCUT2D eigenvalue weighted by atomic mass is 9.77. The minimum atomic E-state index is -1.09. The quantitative estimate of drug-likeness (QED) is 0.521. The fourth-order valence-electron chi connectivity index (χ4n) is 1.56. The standard InChI is InChI=1S/C10H15ClO2/c1-6(2)7-4-8(12)10(3,11)9(13)5-7/h7-8,12H,1,4-5H2,2-3H3/t7-,8-,10+/m1/s1. The monoisotopic (exact) mass is 202 g/mol. The predicted octanol–water partition coefficient (Wildman–Crippen LogP) is 1.90. The molecule has 0 unspecified atom stereocenters. The van der Waals surface area contributed by atoms with E-state index in [1.165, 1.54) is 0 Å². The average Bonchev–Trinajstić information content (AvgIpc) is 2.00. The van der Waals surface area contributed by atoms with Crippen LogP contribution < -0.4 is 0 Å². The van der Waals surface area contributed by atoms with Crippen molar-refractivity contribution in [2.24, 2.45) is 5.92 Å². The van der Waals surface area contributed by atoms with E-state index in [9.17, 15) is 9.90 Å². The van der Waals surface area contributed by atoms with Gasteiger partial charge in [-0.2, -0.15) is 0 Å². The zero-order chi connectivity index (χ0) is 10.2. The van der Waals surface area contributed by atoms with Crippen molar-refractivity contribution < 1.29 is 9.90 Å². The molecule has 1 rings (SSSR count). The number of carbonyl (C=O) groups is 1. The van der Waals surface area contributed by atoms with Crippen molar-refractivity contribution in [2.75, 3.05) is 0 Å². The number of carbonyl (C=O) groups excluding carboxylic acids is 1. The second-order valence-corrected chi connectivity index (χ2v) is 4.78. The fraction of sp³-hybridized carbons (Fsp3) is 0.700. The molecule has 1 saturated carbocycles. The van der Waals surface area contributed by atoms with Crippen LogP contribution in [0.15, 0.2) is 12.2 Å². The van der Waals surface area contributed by atoms with Crippen molar-refractivity contribution in [1.29, 1.82) is 0 Å². The summed E-state index contributed by atoms with van der Waals surface area (Å²) in [5, 5.41) is 9.63. The molecule has 1 aliphatic rings. The first-order valence-corrected chi connectivity index (χ1v) is 4.79. The number of ketones is 1. The summed E-state index contributed by atoms with van der Waals surface area (Å²) in [5.41, 5.74) is 0.944. The highest BCUT2D eigenvalue weighted by molar-refractivity contribution is 6.35. The summed E-state index contributed by atoms with van der Waals surface area (Å²) in [4.78, 5) is 10.4. The van der Waals surface area contributed by atoms with E-state index < -0.39 is 11.0 Å². The summed E-state index contributed by atoms with van der Waals surface area (Å²) in [6.45, 7) is 7.25. The lowest BCUT2D eigenvalue weighted by molar-refractivity contribution is -0.127. The molecule has 3 atom stereocenters. The minimum absolute atomic E-state index is 0.0825. The van der Waals surface area contributed by atoms with Crippen LogP contribution in [0.1, 0.15) is 26.7 Å². The van der Waals surface area contributed by atoms with Gasteiger partial charge in [0.2, 0.25) is 0 Å². The van der Waals surface area contributed by atoms with Crippen molar-refractivity contribution in [2.45, 2.75) is 37.7 Å². The maximum Gasteiger partial charge on any atom is 0.156 e. The number of Topliss-reactive ketones (excluding diaryl/α,β-unsaturated/α-hetero) is 1. The Hall–Kier alpha value is -0.340. The zero-order valence-corrected chi connectivity index (χ0v) is 8.77. The summed E-state index contributed by atoms with van der Waals surface area (Å²) in [7, 11) is 0. The number of hydrogen-bond donors (Lipinski definition) is 1. The zero-order valence-electron chi connectivity index (χ0n) is 8.01. The van der Waals surface area contributed by atoms with Crippen molar-refractivity contribution in [3.8, 4) is 0 Å². The van der Waals surface area contributed by atoms with E-state index in [2.05, 4.69) is 6.58 Å². The third kappa shape index (κ3) is 1.94. The number of rotatable bonds is 1. The van der Waals surface area contributed by atoms with Crippen molar-refractivity contribution in [3.63, 3.8) is 0 Å². The van der Waals surface area contributed by atoms with E-state index in [1.807, 2.05) is 6.92 Å². The van der Waals surface area contributed by atoms with Crippen LogP contribution in [0.3, 0.4) is 0 Å². The Morgan fingerprint density at radius 1 is 1.77 bits per heavy atom. The van der Waals surface area contributed by atoms with Crippen molar-refractivity contribution in [1.82, 2.24) is 0 Å². The normalized spacial score (nSPS) is 40.5. The Morgan fingerprint density at radius 2 is 2.31 bits per heavy atom. The van der Waals surface area contributed by atoms with E-state index in [4.69, 9.17) is 11.6 Å². The van der Waals surface area contributed by atoms with Gasteiger partial charge in [-0.1, -0.05) is 12.2 Å². The van der Waals surface area contributed by atoms with Gasteiger partial charge in [-0.25, -0.2) is 0 Å². The molecule has 0 aliphatic heterocycles. The van der Waals surface area contributed by atoms with Gasteiger partial charge in [-0.3, -0.25) is 4.79 Å². The summed E-state index contributed by atoms with van der Waals surface area (Å²) in [6, 6.07) is 0. The summed E-state index contributed by atoms with van der Waals surface area (Å²) in [6.07, 6.45) is 0.199. The van der Waals surface area contributed by atoms with Gasteiger partial charge < -0.3 is 5.11 Å². The van der Waals surface area contributed by atoms with Crippen LogP contribution in [-0.2, 0) is 4.79 Å². The molecule has 0 saturated heterocycles. The second-order valence-electron chi connectivity index (χ2n) is 4.00. The average molecular weight is 203 g/mol. The Balaban J connectivity index is 2.79. The predicted molar refractivity (Wildman–Crippen MR) is 52.8 cm³/mol. The molecular formula is C10H15ClO2. The third-order valence-corrected chi connectivity index (χ3v) is 3.27. The van der Waals surface area contributed by atoms with E-state index in [-0.39, 0.29) is 11.7 Å². The van der Waals surface area contributed by atoms with E-state index in [0.29, 0.717) is 12.8 Å². The van der Waals surface area contributed by atoms with Crippen LogP contribution >= 0.6 is 11.6 Å². The van der Waals surface area contributed by atoms with Crippen LogP contribution in [0, 0.1) is 5.92 Å². The highest BCUT2D eigenvalue weighted by atomic mass is 35.5. The Bertz CT molecular complexity index is 245. The molecule has 0 amide bonds. The minimum Gasteiger partial charge on any atom is -0.391 e. The molecule has 0 aromatic heterocycles. The van der Waals surface area contributed by atoms with E-state index >= 15 is 0 Å². The van der Waals surface area contributed by atoms with Crippen LogP contribution in [-0.4, -0.2) is 21.9 Å². The van der Waals surface area contributed by atoms with Crippen LogP contribution in [0.4, 0.5) is 0 Å². The first-order chi connectivity index (χ1) is 5.85. The molecule has 1 N–H and O–H groups in total. The van der Waals surface area contributed by atoms with Gasteiger partial charge in [-0.15, -0.1) is 11.6 Å². The Kier molecular flexibility index (Phi) is 2.83. The Morgan fingerprint density at radius 3 is 2.69 bits per heavy atom. The molecule has 0 aromatic carbocycles. The topological polar surface area (TPSA) is 37.3 Å². The maximum atomic E-state index is 11.5. The first kappa shape index (κ1) is 10.7. The van der Waals surface area contributed by atoms with Crippen LogP contribution in [0.25, 0.3) is 0 Å². The lowest BCUT2D eigenvalue weighted by Crippen LogP contribution is -2.47. The highest BCUT2D eigenvalue weighted by Crippen LogP contribution is 2.36. The number of allylic oxidation sites excluding steroid dienone is 1. The number of hydrogen-bond acceptors (Lipinski definition) is 2. The summed E-state index contributed by atoms with van der Waals surface area (Å²) < 4.78 is 0. The molecule has 0 radical (unpaired) electrons. The van der Waals surface area contributed by atoms with Gasteiger partial charge in [0.05, 0.1) is 6.10 Å². The van der Waals surface area contributed by atoms with Crippen molar-refractivity contribution >= 4 is 17.4 Å². The molecule has 1 fully saturated rings. The molecule has 0 heterocycles. The lowest BCUT2D eigenvalue weighted by Gasteiger charge is -2.35. The third-order valence-electron chi connectivity index (χ3n) is 2.81. The molecule has 74 valence electrons. The van der Waals surface area contributed by atoms with Gasteiger partial charge >= 0.3 is 0 Å². The maximum absolute atomic E-state index is 11.5. The summed E-state index contributed by atoms with van der Waals surface area (Å²) >= 11 is 5.91. The first-order valence-electron chi connectivity index (χ1n) is 4.41. The Labute approximate surface area is 83.6 Å². The molecule has 2 nitrogen and oxygen atoms in total. The van der Waals surface area contributed by atoms with Crippen LogP contribution in [0.5, 0.6) is 0 Å². The fourth-order valence-corrected chi connectivity index (χ4v) is 1.72. The number of aliphatic hydroxyl groups is 1. The molecule has 3 heteroatoms. The highest BCUT2D eigenvalue weighted by Gasteiger charge is 2.44. The molecular weight excluding hydrogens is 188 g/mol. The van der Waals surface area contributed by atoms with Gasteiger partial charge in [0.25, 0.3) is 0 Å². The number of halogens is 1. The van der Waals surface area contributed by atoms with Gasteiger partial charge in [0.1, 0.15) is 4.87 Å². The van der Waals surface area contributed by atoms with Gasteiger partial charge in [0, 0.05) is 6.42 Å². The van der Waals surface area contributed by atoms with Gasteiger partial charge in [-0.05, 0) is 26.2 Å². The number of alkyl halides is 1. The largest absolute Gasteiger partial charge is 0.391 e.